The average molecular weight is 656 g/mol. The zero-order valence-corrected chi connectivity index (χ0v) is 30.1. The van der Waals surface area contributed by atoms with E-state index in [4.69, 9.17) is 28.4 Å². The third kappa shape index (κ3) is 9.51. The van der Waals surface area contributed by atoms with Gasteiger partial charge in [0.1, 0.15) is 23.0 Å². The molecule has 0 N–H and O–H groups in total. The average Bonchev–Trinajstić information content (AvgIpc) is 3.04. The maximum atomic E-state index is 6.68. The Morgan fingerprint density at radius 2 is 1.02 bits per heavy atom. The summed E-state index contributed by atoms with van der Waals surface area (Å²) >= 11 is 0. The normalized spacial score (nSPS) is 18.1. The standard InChI is InChI=1S/C40H53NO5Si/c1-40(2,3)47(4,5)46-30-31-28-36-39-33-21-18-20-32(41-33)38-34(42-24-14-10-6-8-12-16-26-44-36)22-19-23-35(38)43-25-15-11-7-9-13-17-27-45-37(39)29-31/h6-9,18-23,28-29H,10-17,24-27,30H2,1-5H3/b8-6+,9-7+. The number of benzene rings is 2. The van der Waals surface area contributed by atoms with Gasteiger partial charge in [0.05, 0.1) is 55.5 Å². The van der Waals surface area contributed by atoms with Gasteiger partial charge in [0.15, 0.2) is 8.32 Å². The summed E-state index contributed by atoms with van der Waals surface area (Å²) in [6.07, 6.45) is 16.6. The summed E-state index contributed by atoms with van der Waals surface area (Å²) in [5, 5.41) is 0.114. The van der Waals surface area contributed by atoms with Gasteiger partial charge in [0, 0.05) is 0 Å². The molecule has 0 fully saturated rings. The van der Waals surface area contributed by atoms with Crippen molar-refractivity contribution in [2.24, 2.45) is 0 Å². The predicted octanol–water partition coefficient (Wildman–Crippen LogP) is 10.7. The Bertz CT molecular complexity index is 1450. The molecule has 2 aromatic carbocycles. The third-order valence-electron chi connectivity index (χ3n) is 9.21. The smallest absolute Gasteiger partial charge is 0.192 e. The second-order valence-corrected chi connectivity index (χ2v) is 18.8. The number of allylic oxidation sites excluding steroid dienone is 4. The molecule has 2 aliphatic rings. The number of pyridine rings is 1. The topological polar surface area (TPSA) is 59.0 Å². The number of rotatable bonds is 3. The van der Waals surface area contributed by atoms with Crippen molar-refractivity contribution >= 4 is 8.32 Å². The van der Waals surface area contributed by atoms with Crippen molar-refractivity contribution in [2.45, 2.75) is 96.9 Å². The highest BCUT2D eigenvalue weighted by molar-refractivity contribution is 6.74. The van der Waals surface area contributed by atoms with Crippen molar-refractivity contribution in [3.63, 3.8) is 0 Å². The van der Waals surface area contributed by atoms with E-state index >= 15 is 0 Å². The zero-order valence-electron chi connectivity index (χ0n) is 29.1. The quantitative estimate of drug-likeness (QED) is 0.207. The van der Waals surface area contributed by atoms with Crippen molar-refractivity contribution in [3.8, 4) is 45.5 Å². The van der Waals surface area contributed by atoms with E-state index in [1.165, 1.54) is 0 Å². The second kappa shape index (κ2) is 16.5. The summed E-state index contributed by atoms with van der Waals surface area (Å²) in [7, 11) is -1.97. The maximum absolute atomic E-state index is 6.68. The second-order valence-electron chi connectivity index (χ2n) is 14.0. The molecule has 0 saturated carbocycles. The Hall–Kier alpha value is -3.55. The first-order valence-electron chi connectivity index (χ1n) is 17.5. The molecule has 0 atom stereocenters. The fraction of sp³-hybridized carbons (Fsp3) is 0.475. The third-order valence-corrected chi connectivity index (χ3v) is 13.7. The molecule has 4 bridgehead atoms. The molecular weight excluding hydrogens is 603 g/mol. The minimum absolute atomic E-state index is 0.114. The Balaban J connectivity index is 1.65. The zero-order chi connectivity index (χ0) is 33.1. The first-order chi connectivity index (χ1) is 22.7. The molecular formula is C40H53NO5Si. The fourth-order valence-corrected chi connectivity index (χ4v) is 6.37. The van der Waals surface area contributed by atoms with Crippen LogP contribution in [0.25, 0.3) is 22.5 Å². The van der Waals surface area contributed by atoms with Crippen LogP contribution in [0.2, 0.25) is 18.1 Å². The molecule has 3 heterocycles. The van der Waals surface area contributed by atoms with Gasteiger partial charge >= 0.3 is 0 Å². The van der Waals surface area contributed by atoms with Gasteiger partial charge in [0.25, 0.3) is 0 Å². The van der Waals surface area contributed by atoms with Gasteiger partial charge in [-0.3, -0.25) is 0 Å². The van der Waals surface area contributed by atoms with Crippen LogP contribution in [0.5, 0.6) is 23.0 Å². The first-order valence-corrected chi connectivity index (χ1v) is 20.4. The highest BCUT2D eigenvalue weighted by atomic mass is 28.4. The van der Waals surface area contributed by atoms with Crippen LogP contribution in [0.3, 0.4) is 0 Å². The minimum Gasteiger partial charge on any atom is -0.493 e. The lowest BCUT2D eigenvalue weighted by atomic mass is 10.0. The van der Waals surface area contributed by atoms with Gasteiger partial charge < -0.3 is 23.4 Å². The predicted molar refractivity (Wildman–Crippen MR) is 194 cm³/mol. The summed E-state index contributed by atoms with van der Waals surface area (Å²) < 4.78 is 32.7. The molecule has 0 radical (unpaired) electrons. The Kier molecular flexibility index (Phi) is 12.2. The molecule has 0 saturated heterocycles. The van der Waals surface area contributed by atoms with Crippen molar-refractivity contribution in [1.29, 1.82) is 0 Å². The number of hydrogen-bond donors (Lipinski definition) is 0. The van der Waals surface area contributed by atoms with Gasteiger partial charge in [-0.1, -0.05) is 57.2 Å². The number of ether oxygens (including phenoxy) is 4. The molecule has 6 nitrogen and oxygen atoms in total. The van der Waals surface area contributed by atoms with Crippen LogP contribution in [0.15, 0.2) is 72.8 Å². The molecule has 0 spiro atoms. The Morgan fingerprint density at radius 1 is 0.617 bits per heavy atom. The van der Waals surface area contributed by atoms with Crippen LogP contribution < -0.4 is 18.9 Å². The van der Waals surface area contributed by atoms with Crippen LogP contribution in [0, 0.1) is 0 Å². The van der Waals surface area contributed by atoms with Crippen LogP contribution in [0.4, 0.5) is 0 Å². The van der Waals surface area contributed by atoms with Crippen LogP contribution >= 0.6 is 0 Å². The van der Waals surface area contributed by atoms with E-state index in [9.17, 15) is 0 Å². The van der Waals surface area contributed by atoms with E-state index in [1.54, 1.807) is 0 Å². The van der Waals surface area contributed by atoms with Crippen LogP contribution in [-0.2, 0) is 11.0 Å². The summed E-state index contributed by atoms with van der Waals surface area (Å²) in [5.41, 5.74) is 4.37. The molecule has 3 aromatic rings. The Labute approximate surface area is 283 Å². The monoisotopic (exact) mass is 655 g/mol. The van der Waals surface area contributed by atoms with E-state index in [0.717, 1.165) is 102 Å². The number of aromatic nitrogens is 1. The van der Waals surface area contributed by atoms with Crippen molar-refractivity contribution in [1.82, 2.24) is 4.98 Å². The largest absolute Gasteiger partial charge is 0.493 e. The molecule has 7 heteroatoms. The number of hydrogen-bond acceptors (Lipinski definition) is 6. The molecule has 0 unspecified atom stereocenters. The summed E-state index contributed by atoms with van der Waals surface area (Å²) in [5.74, 6) is 3.11. The lowest BCUT2D eigenvalue weighted by Gasteiger charge is -2.36. The Morgan fingerprint density at radius 3 is 1.47 bits per heavy atom. The first kappa shape index (κ1) is 34.8. The summed E-state index contributed by atoms with van der Waals surface area (Å²) in [4.78, 5) is 5.27. The van der Waals surface area contributed by atoms with E-state index < -0.39 is 8.32 Å². The van der Waals surface area contributed by atoms with E-state index in [2.05, 4.69) is 76.4 Å². The van der Waals surface area contributed by atoms with Gasteiger partial charge in [-0.15, -0.1) is 0 Å². The highest BCUT2D eigenvalue weighted by Crippen LogP contribution is 2.44. The molecule has 1 aromatic heterocycles. The van der Waals surface area contributed by atoms with Gasteiger partial charge in [0.2, 0.25) is 0 Å². The molecule has 0 amide bonds. The summed E-state index contributed by atoms with van der Waals surface area (Å²) in [6, 6.07) is 16.4. The van der Waals surface area contributed by atoms with Crippen molar-refractivity contribution in [2.75, 3.05) is 26.4 Å². The molecule has 252 valence electrons. The lowest BCUT2D eigenvalue weighted by molar-refractivity contribution is 0.270. The molecule has 2 aliphatic heterocycles. The number of nitrogens with zero attached hydrogens (tertiary/aromatic N) is 1. The van der Waals surface area contributed by atoms with Crippen LogP contribution in [-0.4, -0.2) is 39.7 Å². The minimum atomic E-state index is -1.97. The van der Waals surface area contributed by atoms with Gasteiger partial charge in [-0.25, -0.2) is 4.98 Å². The van der Waals surface area contributed by atoms with Crippen molar-refractivity contribution in [3.05, 3.63) is 78.4 Å². The maximum Gasteiger partial charge on any atom is 0.192 e. The van der Waals surface area contributed by atoms with Crippen LogP contribution in [0.1, 0.15) is 77.7 Å². The summed E-state index contributed by atoms with van der Waals surface area (Å²) in [6.45, 7) is 14.3. The van der Waals surface area contributed by atoms with E-state index in [0.29, 0.717) is 33.0 Å². The lowest BCUT2D eigenvalue weighted by Crippen LogP contribution is -2.40. The van der Waals surface area contributed by atoms with E-state index in [1.807, 2.05) is 30.3 Å². The molecule has 0 aliphatic carbocycles. The van der Waals surface area contributed by atoms with E-state index in [-0.39, 0.29) is 5.04 Å². The fourth-order valence-electron chi connectivity index (χ4n) is 5.41. The van der Waals surface area contributed by atoms with Crippen molar-refractivity contribution < 1.29 is 23.4 Å². The molecule has 5 rings (SSSR count). The SMILES string of the molecule is CC(C)(C)[Si](C)(C)OCc1cc2c3c(c1)OCCC/C=C/CCCOc1cccc(c1-c1cccc-3n1)OCCC/C=C/CCCO2. The van der Waals surface area contributed by atoms with Gasteiger partial charge in [-0.2, -0.15) is 0 Å². The highest BCUT2D eigenvalue weighted by Gasteiger charge is 2.37. The molecule has 47 heavy (non-hydrogen) atoms. The van der Waals surface area contributed by atoms with Gasteiger partial charge in [-0.05, 0) is 111 Å².